The fourth-order valence-electron chi connectivity index (χ4n) is 2.22. The van der Waals surface area contributed by atoms with E-state index in [9.17, 15) is 9.59 Å². The topological polar surface area (TPSA) is 55.4 Å². The lowest BCUT2D eigenvalue weighted by Gasteiger charge is -2.07. The number of amides is 1. The van der Waals surface area contributed by atoms with Crippen LogP contribution in [0.25, 0.3) is 10.8 Å². The van der Waals surface area contributed by atoms with Crippen LogP contribution in [-0.2, 0) is 20.7 Å². The zero-order valence-corrected chi connectivity index (χ0v) is 13.1. The highest BCUT2D eigenvalue weighted by Crippen LogP contribution is 2.18. The highest BCUT2D eigenvalue weighted by molar-refractivity contribution is 7.10. The largest absolute Gasteiger partial charge is 0.455 e. The first-order valence-corrected chi connectivity index (χ1v) is 8.05. The minimum atomic E-state index is -0.402. The van der Waals surface area contributed by atoms with Crippen molar-refractivity contribution in [2.45, 2.75) is 6.42 Å². The summed E-state index contributed by atoms with van der Waals surface area (Å²) in [5.41, 5.74) is 0.683. The molecule has 4 nitrogen and oxygen atoms in total. The molecule has 0 radical (unpaired) electrons. The summed E-state index contributed by atoms with van der Waals surface area (Å²) in [5.74, 6) is -0.749. The van der Waals surface area contributed by atoms with Crippen molar-refractivity contribution < 1.29 is 14.3 Å². The van der Waals surface area contributed by atoms with Crippen molar-refractivity contribution in [3.05, 3.63) is 64.9 Å². The summed E-state index contributed by atoms with van der Waals surface area (Å²) in [4.78, 5) is 24.4. The van der Waals surface area contributed by atoms with Crippen LogP contribution in [0.4, 0.5) is 5.69 Å². The van der Waals surface area contributed by atoms with Crippen molar-refractivity contribution in [3.63, 3.8) is 0 Å². The minimum absolute atomic E-state index is 0.195. The number of hydrogen-bond donors (Lipinski definition) is 1. The first-order chi connectivity index (χ1) is 11.2. The Balaban J connectivity index is 1.53. The zero-order valence-electron chi connectivity index (χ0n) is 12.3. The Morgan fingerprint density at radius 3 is 2.61 bits per heavy atom. The van der Waals surface area contributed by atoms with Crippen LogP contribution in [0.2, 0.25) is 0 Å². The van der Waals surface area contributed by atoms with Crippen molar-refractivity contribution in [3.8, 4) is 0 Å². The molecule has 0 aliphatic rings. The predicted molar refractivity (Wildman–Crippen MR) is 91.6 cm³/mol. The molecule has 3 aromatic rings. The normalized spacial score (nSPS) is 10.4. The van der Waals surface area contributed by atoms with Gasteiger partial charge in [-0.25, -0.2) is 0 Å². The van der Waals surface area contributed by atoms with E-state index in [4.69, 9.17) is 4.74 Å². The maximum atomic E-state index is 11.9. The van der Waals surface area contributed by atoms with Crippen LogP contribution in [0, 0.1) is 0 Å². The molecule has 1 N–H and O–H groups in total. The molecule has 1 heterocycles. The van der Waals surface area contributed by atoms with E-state index in [0.29, 0.717) is 5.69 Å². The first-order valence-electron chi connectivity index (χ1n) is 7.17. The molecule has 0 aliphatic carbocycles. The van der Waals surface area contributed by atoms with Gasteiger partial charge >= 0.3 is 5.97 Å². The molecule has 0 saturated heterocycles. The number of carbonyl (C=O) groups is 2. The average Bonchev–Trinajstić information content (AvgIpc) is 3.06. The molecule has 0 bridgehead atoms. The van der Waals surface area contributed by atoms with E-state index in [1.165, 1.54) is 11.3 Å². The lowest BCUT2D eigenvalue weighted by Crippen LogP contribution is -2.21. The van der Waals surface area contributed by atoms with Crippen molar-refractivity contribution in [2.24, 2.45) is 0 Å². The lowest BCUT2D eigenvalue weighted by atomic mass is 10.1. The van der Waals surface area contributed by atoms with Gasteiger partial charge in [0.1, 0.15) is 0 Å². The SMILES string of the molecule is O=C(COC(=O)Cc1cccs1)Nc1ccc2ccccc2c1. The lowest BCUT2D eigenvalue weighted by molar-refractivity contribution is -0.146. The molecule has 1 amide bonds. The highest BCUT2D eigenvalue weighted by Gasteiger charge is 2.09. The standard InChI is InChI=1S/C18H15NO3S/c20-17(12-22-18(21)11-16-6-3-9-23-16)19-15-8-7-13-4-1-2-5-14(13)10-15/h1-10H,11-12H2,(H,19,20). The number of nitrogens with one attached hydrogen (secondary N) is 1. The van der Waals surface area contributed by atoms with E-state index < -0.39 is 5.97 Å². The van der Waals surface area contributed by atoms with Gasteiger partial charge in [-0.05, 0) is 34.4 Å². The Kier molecular flexibility index (Phi) is 4.68. The molecule has 0 atom stereocenters. The predicted octanol–water partition coefficient (Wildman–Crippen LogP) is 3.63. The van der Waals surface area contributed by atoms with Crippen molar-refractivity contribution in [1.29, 1.82) is 0 Å². The van der Waals surface area contributed by atoms with Crippen LogP contribution in [0.5, 0.6) is 0 Å². The van der Waals surface area contributed by atoms with Gasteiger partial charge in [-0.2, -0.15) is 0 Å². The molecule has 0 aliphatic heterocycles. The van der Waals surface area contributed by atoms with Gasteiger partial charge in [0.2, 0.25) is 0 Å². The Morgan fingerprint density at radius 1 is 1.00 bits per heavy atom. The minimum Gasteiger partial charge on any atom is -0.455 e. The second-order valence-electron chi connectivity index (χ2n) is 5.03. The molecular formula is C18H15NO3S. The summed E-state index contributed by atoms with van der Waals surface area (Å²) in [7, 11) is 0. The van der Waals surface area contributed by atoms with E-state index in [1.54, 1.807) is 0 Å². The van der Waals surface area contributed by atoms with Gasteiger partial charge in [-0.15, -0.1) is 11.3 Å². The molecule has 0 fully saturated rings. The Hall–Kier alpha value is -2.66. The smallest absolute Gasteiger partial charge is 0.311 e. The summed E-state index contributed by atoms with van der Waals surface area (Å²) >= 11 is 1.49. The highest BCUT2D eigenvalue weighted by atomic mass is 32.1. The van der Waals surface area contributed by atoms with Crippen molar-refractivity contribution >= 4 is 39.7 Å². The molecule has 5 heteroatoms. The van der Waals surface area contributed by atoms with E-state index in [-0.39, 0.29) is 18.9 Å². The van der Waals surface area contributed by atoms with Gasteiger partial charge in [0, 0.05) is 10.6 Å². The number of thiophene rings is 1. The van der Waals surface area contributed by atoms with Crippen LogP contribution < -0.4 is 5.32 Å². The molecule has 0 saturated carbocycles. The van der Waals surface area contributed by atoms with Crippen molar-refractivity contribution in [2.75, 3.05) is 11.9 Å². The third-order valence-electron chi connectivity index (χ3n) is 3.30. The number of esters is 1. The van der Waals surface area contributed by atoms with Gasteiger partial charge in [0.25, 0.3) is 5.91 Å². The summed E-state index contributed by atoms with van der Waals surface area (Å²) < 4.78 is 4.99. The van der Waals surface area contributed by atoms with Crippen LogP contribution in [0.15, 0.2) is 60.0 Å². The fraction of sp³-hybridized carbons (Fsp3) is 0.111. The number of benzene rings is 2. The van der Waals surface area contributed by atoms with E-state index in [1.807, 2.05) is 60.0 Å². The number of anilines is 1. The van der Waals surface area contributed by atoms with Gasteiger partial charge in [-0.1, -0.05) is 36.4 Å². The molecule has 116 valence electrons. The summed E-state index contributed by atoms with van der Waals surface area (Å²) in [6.07, 6.45) is 0.195. The third-order valence-corrected chi connectivity index (χ3v) is 4.17. The average molecular weight is 325 g/mol. The Morgan fingerprint density at radius 2 is 1.83 bits per heavy atom. The van der Waals surface area contributed by atoms with E-state index >= 15 is 0 Å². The number of carbonyl (C=O) groups excluding carboxylic acids is 2. The second-order valence-corrected chi connectivity index (χ2v) is 6.06. The quantitative estimate of drug-likeness (QED) is 0.729. The van der Waals surface area contributed by atoms with Crippen molar-refractivity contribution in [1.82, 2.24) is 0 Å². The molecule has 2 aromatic carbocycles. The van der Waals surface area contributed by atoms with Crippen LogP contribution in [-0.4, -0.2) is 18.5 Å². The Labute approximate surface area is 137 Å². The summed E-state index contributed by atoms with van der Waals surface area (Å²) in [6.45, 7) is -0.281. The zero-order chi connectivity index (χ0) is 16.1. The van der Waals surface area contributed by atoms with E-state index in [0.717, 1.165) is 15.6 Å². The Bertz CT molecular complexity index is 827. The molecular weight excluding hydrogens is 310 g/mol. The van der Waals surface area contributed by atoms with Gasteiger partial charge in [0.05, 0.1) is 6.42 Å². The van der Waals surface area contributed by atoms with Gasteiger partial charge in [-0.3, -0.25) is 9.59 Å². The maximum Gasteiger partial charge on any atom is 0.311 e. The number of hydrogen-bond acceptors (Lipinski definition) is 4. The number of fused-ring (bicyclic) bond motifs is 1. The fourth-order valence-corrected chi connectivity index (χ4v) is 2.91. The molecule has 1 aromatic heterocycles. The maximum absolute atomic E-state index is 11.9. The monoisotopic (exact) mass is 325 g/mol. The summed E-state index contributed by atoms with van der Waals surface area (Å²) in [6, 6.07) is 17.3. The first kappa shape index (κ1) is 15.2. The van der Waals surface area contributed by atoms with Crippen LogP contribution in [0.3, 0.4) is 0 Å². The van der Waals surface area contributed by atoms with Crippen LogP contribution >= 0.6 is 11.3 Å². The summed E-state index contributed by atoms with van der Waals surface area (Å²) in [5, 5.41) is 6.78. The third kappa shape index (κ3) is 4.17. The number of rotatable bonds is 5. The van der Waals surface area contributed by atoms with E-state index in [2.05, 4.69) is 5.32 Å². The molecule has 0 spiro atoms. The molecule has 3 rings (SSSR count). The number of ether oxygens (including phenoxy) is 1. The van der Waals surface area contributed by atoms with Gasteiger partial charge in [0.15, 0.2) is 6.61 Å². The van der Waals surface area contributed by atoms with Gasteiger partial charge < -0.3 is 10.1 Å². The van der Waals surface area contributed by atoms with Crippen LogP contribution in [0.1, 0.15) is 4.88 Å². The second kappa shape index (κ2) is 7.07. The molecule has 0 unspecified atom stereocenters. The molecule has 23 heavy (non-hydrogen) atoms.